The van der Waals surface area contributed by atoms with Crippen LogP contribution < -0.4 is 0 Å². The SMILES string of the molecule is Cc1ccnc(Sc2nnnn2-c2ccccc2)c1C#N. The highest BCUT2D eigenvalue weighted by molar-refractivity contribution is 7.99. The van der Waals surface area contributed by atoms with Gasteiger partial charge in [0.25, 0.3) is 0 Å². The first-order chi connectivity index (χ1) is 10.3. The van der Waals surface area contributed by atoms with Crippen LogP contribution in [-0.4, -0.2) is 25.2 Å². The first-order valence-corrected chi connectivity index (χ1v) is 6.98. The minimum atomic E-state index is 0.546. The van der Waals surface area contributed by atoms with Crippen LogP contribution in [0.1, 0.15) is 11.1 Å². The summed E-state index contributed by atoms with van der Waals surface area (Å²) in [5.41, 5.74) is 2.29. The van der Waals surface area contributed by atoms with Gasteiger partial charge in [-0.05, 0) is 52.9 Å². The fourth-order valence-corrected chi connectivity index (χ4v) is 2.71. The van der Waals surface area contributed by atoms with E-state index in [1.54, 1.807) is 10.9 Å². The van der Waals surface area contributed by atoms with Gasteiger partial charge in [-0.1, -0.05) is 18.2 Å². The Morgan fingerprint density at radius 3 is 2.76 bits per heavy atom. The molecule has 0 aliphatic heterocycles. The Morgan fingerprint density at radius 2 is 2.00 bits per heavy atom. The molecule has 7 heteroatoms. The summed E-state index contributed by atoms with van der Waals surface area (Å²) in [6, 6.07) is 13.6. The van der Waals surface area contributed by atoms with E-state index < -0.39 is 0 Å². The van der Waals surface area contributed by atoms with Crippen molar-refractivity contribution in [1.82, 2.24) is 25.2 Å². The molecule has 0 radical (unpaired) electrons. The van der Waals surface area contributed by atoms with Crippen LogP contribution in [0, 0.1) is 18.3 Å². The molecule has 0 N–H and O–H groups in total. The van der Waals surface area contributed by atoms with E-state index in [1.807, 2.05) is 43.3 Å². The van der Waals surface area contributed by atoms with Gasteiger partial charge in [-0.15, -0.1) is 5.10 Å². The maximum atomic E-state index is 9.25. The lowest BCUT2D eigenvalue weighted by molar-refractivity contribution is 0.756. The molecule has 3 aromatic rings. The van der Waals surface area contributed by atoms with Crippen LogP contribution in [-0.2, 0) is 0 Å². The van der Waals surface area contributed by atoms with Crippen LogP contribution in [0.5, 0.6) is 0 Å². The van der Waals surface area contributed by atoms with Gasteiger partial charge in [-0.3, -0.25) is 0 Å². The third-order valence-corrected chi connectivity index (χ3v) is 3.81. The normalized spacial score (nSPS) is 10.3. The molecule has 2 heterocycles. The fourth-order valence-electron chi connectivity index (χ4n) is 1.81. The summed E-state index contributed by atoms with van der Waals surface area (Å²) in [5, 5.41) is 22.1. The molecular formula is C14H10N6S. The Labute approximate surface area is 125 Å². The van der Waals surface area contributed by atoms with Gasteiger partial charge in [0, 0.05) is 6.20 Å². The smallest absolute Gasteiger partial charge is 0.220 e. The number of aromatic nitrogens is 5. The monoisotopic (exact) mass is 294 g/mol. The summed E-state index contributed by atoms with van der Waals surface area (Å²) in [5.74, 6) is 0. The van der Waals surface area contributed by atoms with Crippen molar-refractivity contribution in [3.8, 4) is 11.8 Å². The number of pyridine rings is 1. The molecule has 3 rings (SSSR count). The van der Waals surface area contributed by atoms with Gasteiger partial charge in [0.2, 0.25) is 5.16 Å². The van der Waals surface area contributed by atoms with Crippen LogP contribution in [0.2, 0.25) is 0 Å². The Kier molecular flexibility index (Phi) is 3.62. The Balaban J connectivity index is 2.00. The van der Waals surface area contributed by atoms with Crippen LogP contribution in [0.15, 0.2) is 52.8 Å². The highest BCUT2D eigenvalue weighted by Crippen LogP contribution is 2.28. The van der Waals surface area contributed by atoms with Crippen LogP contribution in [0.3, 0.4) is 0 Å². The third-order valence-electron chi connectivity index (χ3n) is 2.87. The van der Waals surface area contributed by atoms with E-state index in [-0.39, 0.29) is 0 Å². The van der Waals surface area contributed by atoms with E-state index in [9.17, 15) is 5.26 Å². The van der Waals surface area contributed by atoms with Crippen molar-refractivity contribution in [3.63, 3.8) is 0 Å². The van der Waals surface area contributed by atoms with Crippen LogP contribution in [0.4, 0.5) is 0 Å². The predicted molar refractivity (Wildman–Crippen MR) is 77.0 cm³/mol. The molecule has 102 valence electrons. The lowest BCUT2D eigenvalue weighted by Crippen LogP contribution is -1.99. The molecule has 0 saturated heterocycles. The first-order valence-electron chi connectivity index (χ1n) is 6.17. The summed E-state index contributed by atoms with van der Waals surface area (Å²) in [4.78, 5) is 4.25. The lowest BCUT2D eigenvalue weighted by Gasteiger charge is -2.05. The van der Waals surface area contributed by atoms with E-state index in [1.165, 1.54) is 11.8 Å². The highest BCUT2D eigenvalue weighted by Gasteiger charge is 2.14. The molecule has 0 amide bonds. The van der Waals surface area contributed by atoms with E-state index in [2.05, 4.69) is 26.6 Å². The topological polar surface area (TPSA) is 80.3 Å². The van der Waals surface area contributed by atoms with Crippen molar-refractivity contribution >= 4 is 11.8 Å². The molecule has 21 heavy (non-hydrogen) atoms. The number of hydrogen-bond acceptors (Lipinski definition) is 6. The second kappa shape index (κ2) is 5.73. The predicted octanol–water partition coefficient (Wildman–Crippen LogP) is 2.39. The number of hydrogen-bond donors (Lipinski definition) is 0. The molecule has 0 saturated carbocycles. The van der Waals surface area contributed by atoms with Crippen molar-refractivity contribution < 1.29 is 0 Å². The van der Waals surface area contributed by atoms with E-state index in [4.69, 9.17) is 0 Å². The average molecular weight is 294 g/mol. The summed E-state index contributed by atoms with van der Waals surface area (Å²) in [6.07, 6.45) is 1.68. The van der Waals surface area contributed by atoms with Gasteiger partial charge in [0.05, 0.1) is 11.3 Å². The largest absolute Gasteiger partial charge is 0.248 e. The molecule has 1 aromatic carbocycles. The quantitative estimate of drug-likeness (QED) is 0.738. The first kappa shape index (κ1) is 13.3. The number of tetrazole rings is 1. The number of benzene rings is 1. The molecule has 0 atom stereocenters. The van der Waals surface area contributed by atoms with Crippen molar-refractivity contribution in [3.05, 3.63) is 53.7 Å². The van der Waals surface area contributed by atoms with E-state index in [0.29, 0.717) is 15.7 Å². The zero-order valence-electron chi connectivity index (χ0n) is 11.1. The number of aryl methyl sites for hydroxylation is 1. The standard InChI is InChI=1S/C14H10N6S/c1-10-7-8-16-13(12(10)9-15)21-14-17-18-19-20(14)11-5-3-2-4-6-11/h2-8H,1H3. The van der Waals surface area contributed by atoms with Gasteiger partial charge in [0.1, 0.15) is 11.1 Å². The van der Waals surface area contributed by atoms with Gasteiger partial charge in [-0.2, -0.15) is 9.94 Å². The molecule has 6 nitrogen and oxygen atoms in total. The van der Waals surface area contributed by atoms with Crippen molar-refractivity contribution in [2.24, 2.45) is 0 Å². The number of rotatable bonds is 3. The Bertz CT molecular complexity index is 806. The van der Waals surface area contributed by atoms with Crippen LogP contribution in [0.25, 0.3) is 5.69 Å². The molecule has 0 aliphatic carbocycles. The van der Waals surface area contributed by atoms with Crippen molar-refractivity contribution in [1.29, 1.82) is 5.26 Å². The average Bonchev–Trinajstić information content (AvgIpc) is 2.97. The molecule has 0 bridgehead atoms. The zero-order chi connectivity index (χ0) is 14.7. The van der Waals surface area contributed by atoms with E-state index in [0.717, 1.165) is 11.3 Å². The number of nitrogens with zero attached hydrogens (tertiary/aromatic N) is 6. The molecular weight excluding hydrogens is 284 g/mol. The van der Waals surface area contributed by atoms with Crippen molar-refractivity contribution in [2.45, 2.75) is 17.1 Å². The minimum Gasteiger partial charge on any atom is -0.248 e. The van der Waals surface area contributed by atoms with Gasteiger partial charge >= 0.3 is 0 Å². The molecule has 0 spiro atoms. The van der Waals surface area contributed by atoms with Gasteiger partial charge in [-0.25, -0.2) is 4.98 Å². The van der Waals surface area contributed by atoms with Crippen LogP contribution >= 0.6 is 11.8 Å². The molecule has 0 fully saturated rings. The second-order valence-corrected chi connectivity index (χ2v) is 5.19. The van der Waals surface area contributed by atoms with E-state index >= 15 is 0 Å². The molecule has 0 aliphatic rings. The Morgan fingerprint density at radius 1 is 1.19 bits per heavy atom. The lowest BCUT2D eigenvalue weighted by atomic mass is 10.2. The second-order valence-electron chi connectivity index (χ2n) is 4.23. The Hall–Kier alpha value is -2.72. The number of nitriles is 1. The maximum Gasteiger partial charge on any atom is 0.220 e. The van der Waals surface area contributed by atoms with Gasteiger partial charge < -0.3 is 0 Å². The fraction of sp³-hybridized carbons (Fsp3) is 0.0714. The summed E-state index contributed by atoms with van der Waals surface area (Å²) >= 11 is 1.27. The summed E-state index contributed by atoms with van der Waals surface area (Å²) in [7, 11) is 0. The molecule has 0 unspecified atom stereocenters. The maximum absolute atomic E-state index is 9.25. The molecule has 2 aromatic heterocycles. The summed E-state index contributed by atoms with van der Waals surface area (Å²) < 4.78 is 1.62. The zero-order valence-corrected chi connectivity index (χ0v) is 11.9. The summed E-state index contributed by atoms with van der Waals surface area (Å²) in [6.45, 7) is 1.88. The third kappa shape index (κ3) is 2.61. The number of para-hydroxylation sites is 1. The highest BCUT2D eigenvalue weighted by atomic mass is 32.2. The van der Waals surface area contributed by atoms with Gasteiger partial charge in [0.15, 0.2) is 0 Å². The minimum absolute atomic E-state index is 0.546. The van der Waals surface area contributed by atoms with Crippen molar-refractivity contribution in [2.75, 3.05) is 0 Å².